The van der Waals surface area contributed by atoms with Gasteiger partial charge in [-0.1, -0.05) is 96.7 Å². The van der Waals surface area contributed by atoms with Crippen LogP contribution < -0.4 is 0 Å². The maximum atomic E-state index is 9.40. The minimum absolute atomic E-state index is 0.393. The van der Waals surface area contributed by atoms with E-state index < -0.39 is 5.41 Å². The fraction of sp³-hybridized carbons (Fsp3) is 0.0263. The number of fused-ring (bicyclic) bond motifs is 12. The fourth-order valence-corrected chi connectivity index (χ4v) is 8.49. The summed E-state index contributed by atoms with van der Waals surface area (Å²) in [7, 11) is 0. The third-order valence-electron chi connectivity index (χ3n) is 8.90. The number of hydrogen-bond donors (Lipinski definition) is 0. The van der Waals surface area contributed by atoms with E-state index in [2.05, 4.69) is 132 Å². The van der Waals surface area contributed by atoms with Crippen LogP contribution in [0.1, 0.15) is 27.8 Å². The number of nitrogens with zero attached hydrogens (tertiary/aromatic N) is 2. The van der Waals surface area contributed by atoms with Gasteiger partial charge in [0.1, 0.15) is 0 Å². The molecule has 9 rings (SSSR count). The van der Waals surface area contributed by atoms with Gasteiger partial charge in [-0.15, -0.1) is 0 Å². The molecule has 0 fully saturated rings. The minimum atomic E-state index is -0.393. The van der Waals surface area contributed by atoms with Crippen LogP contribution in [0.2, 0.25) is 0 Å². The van der Waals surface area contributed by atoms with Crippen LogP contribution in [0, 0.1) is 11.3 Å². The van der Waals surface area contributed by atoms with Crippen molar-refractivity contribution in [1.29, 1.82) is 5.26 Å². The lowest BCUT2D eigenvalue weighted by Crippen LogP contribution is -2.31. The van der Waals surface area contributed by atoms with Crippen molar-refractivity contribution in [3.8, 4) is 22.9 Å². The Labute approximate surface area is 242 Å². The van der Waals surface area contributed by atoms with E-state index in [4.69, 9.17) is 0 Å². The summed E-state index contributed by atoms with van der Waals surface area (Å²) in [6.45, 7) is 0. The molecule has 1 aromatic heterocycles. The van der Waals surface area contributed by atoms with Gasteiger partial charge in [-0.05, 0) is 81.9 Å². The predicted octanol–water partition coefficient (Wildman–Crippen LogP) is 9.48. The minimum Gasteiger partial charge on any atom is -0.309 e. The van der Waals surface area contributed by atoms with Gasteiger partial charge in [0.2, 0.25) is 0 Å². The lowest BCUT2D eigenvalue weighted by atomic mass is 9.67. The average Bonchev–Trinajstić information content (AvgIpc) is 3.51. The molecule has 0 bridgehead atoms. The maximum absolute atomic E-state index is 9.40. The van der Waals surface area contributed by atoms with Gasteiger partial charge in [0, 0.05) is 26.3 Å². The zero-order valence-corrected chi connectivity index (χ0v) is 22.8. The Bertz CT molecular complexity index is 2200. The van der Waals surface area contributed by atoms with E-state index >= 15 is 0 Å². The summed E-state index contributed by atoms with van der Waals surface area (Å²) in [5.74, 6) is 0. The predicted molar refractivity (Wildman–Crippen MR) is 167 cm³/mol. The molecule has 190 valence electrons. The number of para-hydroxylation sites is 1. The number of hydrogen-bond acceptors (Lipinski definition) is 2. The number of rotatable bonds is 1. The first-order chi connectivity index (χ1) is 20.3. The van der Waals surface area contributed by atoms with Crippen molar-refractivity contribution >= 4 is 33.6 Å². The number of nitriles is 1. The molecule has 1 spiro atoms. The van der Waals surface area contributed by atoms with Gasteiger partial charge in [-0.3, -0.25) is 0 Å². The Morgan fingerprint density at radius 1 is 0.537 bits per heavy atom. The van der Waals surface area contributed by atoms with E-state index in [-0.39, 0.29) is 0 Å². The molecular formula is C38H22N2S. The normalized spacial score (nSPS) is 13.9. The van der Waals surface area contributed by atoms with Gasteiger partial charge in [0.15, 0.2) is 0 Å². The molecule has 6 aromatic carbocycles. The smallest absolute Gasteiger partial charge is 0.0991 e. The van der Waals surface area contributed by atoms with Crippen LogP contribution in [0.15, 0.2) is 143 Å². The first-order valence-electron chi connectivity index (χ1n) is 13.8. The Hall–Kier alpha value is -5.04. The highest BCUT2D eigenvalue weighted by Gasteiger charge is 2.50. The molecule has 2 aliphatic rings. The molecule has 0 radical (unpaired) electrons. The molecule has 0 unspecified atom stereocenters. The summed E-state index contributed by atoms with van der Waals surface area (Å²) >= 11 is 1.87. The zero-order valence-electron chi connectivity index (χ0n) is 22.0. The highest BCUT2D eigenvalue weighted by Crippen LogP contribution is 2.62. The summed E-state index contributed by atoms with van der Waals surface area (Å²) in [5.41, 5.74) is 11.7. The summed E-state index contributed by atoms with van der Waals surface area (Å²) < 4.78 is 2.34. The summed E-state index contributed by atoms with van der Waals surface area (Å²) in [4.78, 5) is 2.58. The Morgan fingerprint density at radius 3 is 1.90 bits per heavy atom. The lowest BCUT2D eigenvalue weighted by molar-refractivity contribution is 0.724. The molecule has 0 atom stereocenters. The molecule has 3 heteroatoms. The van der Waals surface area contributed by atoms with Gasteiger partial charge in [0.25, 0.3) is 0 Å². The van der Waals surface area contributed by atoms with Crippen LogP contribution in [-0.2, 0) is 5.41 Å². The summed E-state index contributed by atoms with van der Waals surface area (Å²) in [5, 5.41) is 11.9. The van der Waals surface area contributed by atoms with E-state index in [1.807, 2.05) is 23.9 Å². The molecule has 0 saturated heterocycles. The largest absolute Gasteiger partial charge is 0.309 e. The highest BCUT2D eigenvalue weighted by molar-refractivity contribution is 7.99. The van der Waals surface area contributed by atoms with E-state index in [1.54, 1.807) is 0 Å². The van der Waals surface area contributed by atoms with Crippen LogP contribution in [-0.4, -0.2) is 4.57 Å². The van der Waals surface area contributed by atoms with Gasteiger partial charge in [-0.2, -0.15) is 5.26 Å². The quantitative estimate of drug-likeness (QED) is 0.208. The SMILES string of the molecule is N#Cc1ccc(-n2c3ccccc3c3cc4c(cc32)Sc2ccccc2C42c3ccccc3-c3ccccc32)cc1. The molecule has 2 heterocycles. The summed E-state index contributed by atoms with van der Waals surface area (Å²) in [6, 6.07) is 50.6. The van der Waals surface area contributed by atoms with Gasteiger partial charge >= 0.3 is 0 Å². The van der Waals surface area contributed by atoms with Crippen molar-refractivity contribution in [2.45, 2.75) is 15.2 Å². The van der Waals surface area contributed by atoms with Crippen molar-refractivity contribution in [2.24, 2.45) is 0 Å². The van der Waals surface area contributed by atoms with Crippen molar-refractivity contribution in [1.82, 2.24) is 4.57 Å². The van der Waals surface area contributed by atoms with Crippen LogP contribution in [0.25, 0.3) is 38.6 Å². The van der Waals surface area contributed by atoms with Crippen molar-refractivity contribution in [3.63, 3.8) is 0 Å². The van der Waals surface area contributed by atoms with E-state index in [1.165, 1.54) is 65.0 Å². The molecule has 1 aliphatic carbocycles. The third-order valence-corrected chi connectivity index (χ3v) is 10.0. The van der Waals surface area contributed by atoms with Crippen LogP contribution in [0.3, 0.4) is 0 Å². The van der Waals surface area contributed by atoms with E-state index in [0.717, 1.165) is 5.69 Å². The second kappa shape index (κ2) is 8.24. The van der Waals surface area contributed by atoms with E-state index in [9.17, 15) is 5.26 Å². The Balaban J connectivity index is 1.44. The zero-order chi connectivity index (χ0) is 27.1. The van der Waals surface area contributed by atoms with E-state index in [0.29, 0.717) is 5.56 Å². The first kappa shape index (κ1) is 22.7. The third kappa shape index (κ3) is 2.87. The Kier molecular flexibility index (Phi) is 4.57. The molecule has 0 N–H and O–H groups in total. The molecule has 41 heavy (non-hydrogen) atoms. The number of benzene rings is 6. The highest BCUT2D eigenvalue weighted by atomic mass is 32.2. The number of aromatic nitrogens is 1. The standard InChI is InChI=1S/C38H22N2S/c39-23-24-17-19-25(20-18-24)40-34-15-7-3-11-28(34)29-21-33-37(22-35(29)40)41-36-16-8-6-14-32(36)38(33)30-12-4-1-9-26(30)27-10-2-5-13-31(27)38/h1-22H. The molecule has 0 saturated carbocycles. The molecule has 0 amide bonds. The maximum Gasteiger partial charge on any atom is 0.0991 e. The first-order valence-corrected chi connectivity index (χ1v) is 14.7. The van der Waals surface area contributed by atoms with Gasteiger partial charge in [0.05, 0.1) is 28.1 Å². The Morgan fingerprint density at radius 2 is 1.17 bits per heavy atom. The summed E-state index contributed by atoms with van der Waals surface area (Å²) in [6.07, 6.45) is 0. The average molecular weight is 539 g/mol. The fourth-order valence-electron chi connectivity index (χ4n) is 7.28. The molecule has 7 aromatic rings. The molecule has 2 nitrogen and oxygen atoms in total. The van der Waals surface area contributed by atoms with Gasteiger partial charge < -0.3 is 4.57 Å². The van der Waals surface area contributed by atoms with Crippen molar-refractivity contribution in [3.05, 3.63) is 161 Å². The van der Waals surface area contributed by atoms with Crippen LogP contribution in [0.4, 0.5) is 0 Å². The van der Waals surface area contributed by atoms with Gasteiger partial charge in [-0.25, -0.2) is 0 Å². The van der Waals surface area contributed by atoms with Crippen LogP contribution in [0.5, 0.6) is 0 Å². The van der Waals surface area contributed by atoms with Crippen molar-refractivity contribution in [2.75, 3.05) is 0 Å². The lowest BCUT2D eigenvalue weighted by Gasteiger charge is -2.39. The second-order valence-corrected chi connectivity index (χ2v) is 11.9. The molecule has 1 aliphatic heterocycles. The van der Waals surface area contributed by atoms with Crippen LogP contribution >= 0.6 is 11.8 Å². The molecular weight excluding hydrogens is 516 g/mol. The topological polar surface area (TPSA) is 28.7 Å². The monoisotopic (exact) mass is 538 g/mol. The second-order valence-electron chi connectivity index (χ2n) is 10.8. The van der Waals surface area contributed by atoms with Crippen molar-refractivity contribution < 1.29 is 0 Å².